The molecule has 1 nitrogen and oxygen atoms in total. The highest BCUT2D eigenvalue weighted by atomic mass is 32.1. The van der Waals surface area contributed by atoms with Crippen molar-refractivity contribution in [2.45, 2.75) is 6.42 Å². The largest absolute Gasteiger partial charge is 0.261 e. The lowest BCUT2D eigenvalue weighted by molar-refractivity contribution is 1.16. The molecule has 10 heavy (non-hydrogen) atoms. The fraction of sp³-hybridized carbons (Fsp3) is 0.143. The van der Waals surface area contributed by atoms with Crippen LogP contribution in [0.5, 0.6) is 0 Å². The Labute approximate surface area is 70.9 Å². The standard InChI is InChI=1S/C7H7NS2/c9-7(10)5-6-3-1-2-4-8-6/h1-4H,5H2,(H,9,10). The monoisotopic (exact) mass is 169 g/mol. The summed E-state index contributed by atoms with van der Waals surface area (Å²) in [6.07, 6.45) is 2.43. The molecule has 0 N–H and O–H groups in total. The first-order chi connectivity index (χ1) is 4.79. The van der Waals surface area contributed by atoms with Gasteiger partial charge in [-0.25, -0.2) is 0 Å². The second-order valence-corrected chi connectivity index (χ2v) is 3.23. The summed E-state index contributed by atoms with van der Waals surface area (Å²) < 4.78 is 0.679. The number of aromatic nitrogens is 1. The van der Waals surface area contributed by atoms with Crippen LogP contribution in [0.2, 0.25) is 0 Å². The molecule has 0 radical (unpaired) electrons. The molecule has 52 valence electrons. The molecule has 0 aliphatic heterocycles. The number of hydrogen-bond acceptors (Lipinski definition) is 2. The second kappa shape index (κ2) is 3.68. The highest BCUT2D eigenvalue weighted by molar-refractivity contribution is 8.11. The first-order valence-electron chi connectivity index (χ1n) is 2.91. The van der Waals surface area contributed by atoms with Gasteiger partial charge in [-0.2, -0.15) is 0 Å². The summed E-state index contributed by atoms with van der Waals surface area (Å²) in [5.74, 6) is 0. The highest BCUT2D eigenvalue weighted by Crippen LogP contribution is 1.98. The Morgan fingerprint density at radius 1 is 1.60 bits per heavy atom. The fourth-order valence-corrected chi connectivity index (χ4v) is 0.968. The molecule has 0 bridgehead atoms. The Hall–Kier alpha value is -0.410. The minimum absolute atomic E-state index is 0.679. The predicted molar refractivity (Wildman–Crippen MR) is 49.5 cm³/mol. The quantitative estimate of drug-likeness (QED) is 0.536. The molecule has 1 aromatic heterocycles. The van der Waals surface area contributed by atoms with Gasteiger partial charge in [0.2, 0.25) is 0 Å². The van der Waals surface area contributed by atoms with Crippen LogP contribution in [-0.4, -0.2) is 9.18 Å². The van der Waals surface area contributed by atoms with E-state index in [2.05, 4.69) is 17.6 Å². The molecule has 1 heterocycles. The average molecular weight is 169 g/mol. The molecular formula is C7H7NS2. The van der Waals surface area contributed by atoms with Crippen LogP contribution in [0, 0.1) is 0 Å². The van der Waals surface area contributed by atoms with E-state index in [1.54, 1.807) is 6.20 Å². The summed E-state index contributed by atoms with van der Waals surface area (Å²) in [5.41, 5.74) is 0.975. The zero-order chi connectivity index (χ0) is 7.40. The van der Waals surface area contributed by atoms with Gasteiger partial charge in [-0.15, -0.1) is 12.6 Å². The Morgan fingerprint density at radius 2 is 2.40 bits per heavy atom. The predicted octanol–water partition coefficient (Wildman–Crippen LogP) is 1.88. The molecule has 0 aliphatic rings. The SMILES string of the molecule is S=C(S)Cc1ccccn1. The zero-order valence-electron chi connectivity index (χ0n) is 5.32. The van der Waals surface area contributed by atoms with E-state index in [-0.39, 0.29) is 0 Å². The molecule has 0 atom stereocenters. The Bertz CT molecular complexity index is 220. The maximum absolute atomic E-state index is 4.80. The summed E-state index contributed by atoms with van der Waals surface area (Å²) in [7, 11) is 0. The van der Waals surface area contributed by atoms with Crippen LogP contribution >= 0.6 is 24.8 Å². The number of hydrogen-bond donors (Lipinski definition) is 1. The van der Waals surface area contributed by atoms with Crippen molar-refractivity contribution in [2.24, 2.45) is 0 Å². The molecule has 0 saturated heterocycles. The van der Waals surface area contributed by atoms with Gasteiger partial charge in [-0.1, -0.05) is 18.3 Å². The number of nitrogens with zero attached hydrogens (tertiary/aromatic N) is 1. The molecule has 0 fully saturated rings. The van der Waals surface area contributed by atoms with Gasteiger partial charge in [-0.3, -0.25) is 4.98 Å². The second-order valence-electron chi connectivity index (χ2n) is 1.89. The van der Waals surface area contributed by atoms with Gasteiger partial charge in [0.25, 0.3) is 0 Å². The molecular weight excluding hydrogens is 162 g/mol. The number of thiol groups is 1. The van der Waals surface area contributed by atoms with Crippen LogP contribution in [0.25, 0.3) is 0 Å². The van der Waals surface area contributed by atoms with Crippen molar-refractivity contribution in [2.75, 3.05) is 0 Å². The fourth-order valence-electron chi connectivity index (χ4n) is 0.658. The topological polar surface area (TPSA) is 12.9 Å². The van der Waals surface area contributed by atoms with E-state index in [0.717, 1.165) is 5.69 Å². The van der Waals surface area contributed by atoms with Crippen molar-refractivity contribution in [3.8, 4) is 0 Å². The van der Waals surface area contributed by atoms with Gasteiger partial charge < -0.3 is 0 Å². The van der Waals surface area contributed by atoms with Crippen molar-refractivity contribution >= 4 is 29.0 Å². The lowest BCUT2D eigenvalue weighted by Gasteiger charge is -1.94. The first-order valence-corrected chi connectivity index (χ1v) is 3.76. The highest BCUT2D eigenvalue weighted by Gasteiger charge is 1.92. The van der Waals surface area contributed by atoms with Crippen LogP contribution in [0.1, 0.15) is 5.69 Å². The Morgan fingerprint density at radius 3 is 2.90 bits per heavy atom. The number of thiocarbonyl (C=S) groups is 1. The molecule has 0 aliphatic carbocycles. The third-order valence-electron chi connectivity index (χ3n) is 1.06. The third-order valence-corrected chi connectivity index (χ3v) is 1.36. The summed E-state index contributed by atoms with van der Waals surface area (Å²) in [6.45, 7) is 0. The van der Waals surface area contributed by atoms with Crippen LogP contribution in [0.3, 0.4) is 0 Å². The molecule has 1 aromatic rings. The van der Waals surface area contributed by atoms with Crippen molar-refractivity contribution in [3.05, 3.63) is 30.1 Å². The molecule has 0 aromatic carbocycles. The summed E-state index contributed by atoms with van der Waals surface area (Å²) >= 11 is 8.80. The molecule has 0 amide bonds. The minimum Gasteiger partial charge on any atom is -0.261 e. The number of rotatable bonds is 2. The van der Waals surface area contributed by atoms with E-state index in [9.17, 15) is 0 Å². The number of pyridine rings is 1. The van der Waals surface area contributed by atoms with Gasteiger partial charge in [-0.05, 0) is 12.1 Å². The van der Waals surface area contributed by atoms with E-state index in [1.807, 2.05) is 18.2 Å². The summed E-state index contributed by atoms with van der Waals surface area (Å²) in [5, 5.41) is 0. The van der Waals surface area contributed by atoms with Gasteiger partial charge >= 0.3 is 0 Å². The smallest absolute Gasteiger partial charge is 0.0507 e. The molecule has 3 heteroatoms. The normalized spacial score (nSPS) is 9.30. The van der Waals surface area contributed by atoms with Crippen molar-refractivity contribution in [1.82, 2.24) is 4.98 Å². The molecule has 1 rings (SSSR count). The molecule has 0 spiro atoms. The van der Waals surface area contributed by atoms with Crippen molar-refractivity contribution in [1.29, 1.82) is 0 Å². The van der Waals surface area contributed by atoms with Gasteiger partial charge in [0.15, 0.2) is 0 Å². The van der Waals surface area contributed by atoms with E-state index >= 15 is 0 Å². The van der Waals surface area contributed by atoms with Crippen molar-refractivity contribution in [3.63, 3.8) is 0 Å². The van der Waals surface area contributed by atoms with Crippen LogP contribution in [-0.2, 0) is 6.42 Å². The van der Waals surface area contributed by atoms with Gasteiger partial charge in [0.05, 0.1) is 4.20 Å². The summed E-state index contributed by atoms with van der Waals surface area (Å²) in [6, 6.07) is 5.75. The van der Waals surface area contributed by atoms with Gasteiger partial charge in [0.1, 0.15) is 0 Å². The lowest BCUT2D eigenvalue weighted by Crippen LogP contribution is -1.92. The van der Waals surface area contributed by atoms with Crippen molar-refractivity contribution < 1.29 is 0 Å². The van der Waals surface area contributed by atoms with E-state index in [4.69, 9.17) is 12.2 Å². The molecule has 0 unspecified atom stereocenters. The zero-order valence-corrected chi connectivity index (χ0v) is 7.03. The molecule has 0 saturated carbocycles. The maximum Gasteiger partial charge on any atom is 0.0507 e. The lowest BCUT2D eigenvalue weighted by atomic mass is 10.3. The van der Waals surface area contributed by atoms with E-state index < -0.39 is 0 Å². The van der Waals surface area contributed by atoms with Crippen LogP contribution in [0.4, 0.5) is 0 Å². The first kappa shape index (κ1) is 7.69. The maximum atomic E-state index is 4.80. The Balaban J connectivity index is 2.67. The average Bonchev–Trinajstić information content (AvgIpc) is 1.88. The minimum atomic E-state index is 0.679. The van der Waals surface area contributed by atoms with Crippen LogP contribution < -0.4 is 0 Å². The summed E-state index contributed by atoms with van der Waals surface area (Å²) in [4.78, 5) is 4.08. The van der Waals surface area contributed by atoms with Crippen LogP contribution in [0.15, 0.2) is 24.4 Å². The Kier molecular flexibility index (Phi) is 2.83. The van der Waals surface area contributed by atoms with Gasteiger partial charge in [0, 0.05) is 18.3 Å². The van der Waals surface area contributed by atoms with E-state index in [0.29, 0.717) is 10.6 Å². The third kappa shape index (κ3) is 2.45. The van der Waals surface area contributed by atoms with E-state index in [1.165, 1.54) is 0 Å².